The van der Waals surface area contributed by atoms with E-state index in [-0.39, 0.29) is 7.69 Å². The van der Waals surface area contributed by atoms with Crippen molar-refractivity contribution >= 4 is 7.69 Å². The van der Waals surface area contributed by atoms with Gasteiger partial charge in [-0.1, -0.05) is 0 Å². The molecule has 2 fully saturated rings. The summed E-state index contributed by atoms with van der Waals surface area (Å²) in [6.45, 7) is 10.3. The third-order valence-corrected chi connectivity index (χ3v) is 5.66. The van der Waals surface area contributed by atoms with E-state index in [4.69, 9.17) is 28.3 Å². The highest BCUT2D eigenvalue weighted by molar-refractivity contribution is 6.20. The first-order valence-corrected chi connectivity index (χ1v) is 11.7. The predicted octanol–water partition coefficient (Wildman–Crippen LogP) is 1.83. The van der Waals surface area contributed by atoms with Crippen LogP contribution in [0.4, 0.5) is 0 Å². The van der Waals surface area contributed by atoms with Gasteiger partial charge >= 0.3 is 7.69 Å². The third kappa shape index (κ3) is 8.44. The molecular weight excluding hydrogens is 423 g/mol. The van der Waals surface area contributed by atoms with Crippen LogP contribution in [0.3, 0.4) is 0 Å². The Morgan fingerprint density at radius 3 is 1.33 bits per heavy atom. The van der Waals surface area contributed by atoms with Crippen molar-refractivity contribution in [3.63, 3.8) is 0 Å². The van der Waals surface area contributed by atoms with Crippen LogP contribution in [-0.2, 0) is 9.47 Å². The summed E-state index contributed by atoms with van der Waals surface area (Å²) < 4.78 is 33.7. The van der Waals surface area contributed by atoms with Crippen LogP contribution in [0.15, 0.2) is 48.5 Å². The van der Waals surface area contributed by atoms with Crippen molar-refractivity contribution in [3.05, 3.63) is 48.5 Å². The molecule has 0 aliphatic carbocycles. The van der Waals surface area contributed by atoms with Gasteiger partial charge in [-0.15, -0.1) is 0 Å². The van der Waals surface area contributed by atoms with Crippen LogP contribution in [-0.4, -0.2) is 96.4 Å². The molecule has 33 heavy (non-hydrogen) atoms. The molecule has 0 unspecified atom stereocenters. The van der Waals surface area contributed by atoms with Crippen LogP contribution in [0.2, 0.25) is 0 Å². The Labute approximate surface area is 196 Å². The number of ether oxygens (including phenoxy) is 4. The molecule has 4 rings (SSSR count). The van der Waals surface area contributed by atoms with Crippen LogP contribution in [0.5, 0.6) is 23.0 Å². The molecule has 8 nitrogen and oxygen atoms in total. The highest BCUT2D eigenvalue weighted by Gasteiger charge is 2.11. The van der Waals surface area contributed by atoms with E-state index >= 15 is 0 Å². The molecule has 0 spiro atoms. The summed E-state index contributed by atoms with van der Waals surface area (Å²) in [5.41, 5.74) is 0. The van der Waals surface area contributed by atoms with Crippen molar-refractivity contribution in [2.45, 2.75) is 0 Å². The smallest absolute Gasteiger partial charge is 0.529 e. The molecule has 2 heterocycles. The van der Waals surface area contributed by atoms with E-state index in [9.17, 15) is 0 Å². The second kappa shape index (κ2) is 13.3. The van der Waals surface area contributed by atoms with Crippen molar-refractivity contribution in [3.8, 4) is 23.0 Å². The number of hydrogen-bond donors (Lipinski definition) is 0. The van der Waals surface area contributed by atoms with Crippen LogP contribution >= 0.6 is 0 Å². The molecule has 2 saturated heterocycles. The van der Waals surface area contributed by atoms with E-state index in [0.717, 1.165) is 88.7 Å². The summed E-state index contributed by atoms with van der Waals surface area (Å²) >= 11 is 0. The molecule has 2 aromatic carbocycles. The van der Waals surface area contributed by atoms with Crippen LogP contribution in [0.25, 0.3) is 0 Å². The van der Waals surface area contributed by atoms with Gasteiger partial charge in [-0.2, -0.15) is 0 Å². The van der Waals surface area contributed by atoms with Crippen molar-refractivity contribution < 1.29 is 28.3 Å². The minimum absolute atomic E-state index is 0.133. The molecule has 0 amide bonds. The van der Waals surface area contributed by atoms with Gasteiger partial charge in [0, 0.05) is 39.3 Å². The minimum atomic E-state index is 0.133. The first-order chi connectivity index (χ1) is 16.3. The van der Waals surface area contributed by atoms with Crippen molar-refractivity contribution in [1.82, 2.24) is 9.80 Å². The van der Waals surface area contributed by atoms with E-state index < -0.39 is 0 Å². The van der Waals surface area contributed by atoms with Crippen LogP contribution in [0, 0.1) is 0 Å². The number of hydrogen-bond acceptors (Lipinski definition) is 8. The number of benzene rings is 2. The van der Waals surface area contributed by atoms with E-state index in [1.165, 1.54) is 0 Å². The maximum absolute atomic E-state index is 5.82. The van der Waals surface area contributed by atoms with Crippen LogP contribution < -0.4 is 18.8 Å². The molecule has 178 valence electrons. The summed E-state index contributed by atoms with van der Waals surface area (Å²) in [4.78, 5) is 4.70. The fourth-order valence-electron chi connectivity index (χ4n) is 3.66. The summed E-state index contributed by atoms with van der Waals surface area (Å²) in [5.74, 6) is 3.14. The summed E-state index contributed by atoms with van der Waals surface area (Å²) in [6.07, 6.45) is 0. The number of morpholine rings is 2. The molecule has 2 aromatic rings. The Morgan fingerprint density at radius 2 is 0.939 bits per heavy atom. The lowest BCUT2D eigenvalue weighted by atomic mass is 10.3. The number of nitrogens with zero attached hydrogens (tertiary/aromatic N) is 2. The maximum atomic E-state index is 5.82. The molecule has 0 radical (unpaired) electrons. The lowest BCUT2D eigenvalue weighted by Crippen LogP contribution is -2.38. The average Bonchev–Trinajstić information content (AvgIpc) is 2.87. The molecular formula is C24H33BN2O6. The van der Waals surface area contributed by atoms with E-state index in [1.54, 1.807) is 0 Å². The Kier molecular flexibility index (Phi) is 9.55. The lowest BCUT2D eigenvalue weighted by molar-refractivity contribution is 0.0321. The number of rotatable bonds is 12. The third-order valence-electron chi connectivity index (χ3n) is 5.66. The standard InChI is InChI=1S/C24H33BN2O6/c1-5-23(6-2-21(1)30-19-13-26-9-15-28-16-10-26)32-25-33-24-7-3-22(4-8-24)31-20-14-27-11-17-29-18-12-27/h1-8,25H,9-20H2. The summed E-state index contributed by atoms with van der Waals surface area (Å²) in [5, 5.41) is 0. The van der Waals surface area contributed by atoms with E-state index in [2.05, 4.69) is 9.80 Å². The van der Waals surface area contributed by atoms with Gasteiger partial charge in [0.25, 0.3) is 0 Å². The average molecular weight is 456 g/mol. The van der Waals surface area contributed by atoms with Crippen molar-refractivity contribution in [2.75, 3.05) is 78.9 Å². The molecule has 0 saturated carbocycles. The van der Waals surface area contributed by atoms with Gasteiger partial charge in [-0.3, -0.25) is 9.80 Å². The van der Waals surface area contributed by atoms with Gasteiger partial charge < -0.3 is 28.3 Å². The van der Waals surface area contributed by atoms with Gasteiger partial charge in [-0.05, 0) is 48.5 Å². The lowest BCUT2D eigenvalue weighted by Gasteiger charge is -2.26. The Bertz CT molecular complexity index is 728. The fourth-order valence-corrected chi connectivity index (χ4v) is 3.66. The zero-order valence-electron chi connectivity index (χ0n) is 19.2. The largest absolute Gasteiger partial charge is 0.576 e. The Morgan fingerprint density at radius 1 is 0.576 bits per heavy atom. The molecule has 0 atom stereocenters. The zero-order chi connectivity index (χ0) is 22.6. The minimum Gasteiger partial charge on any atom is -0.529 e. The van der Waals surface area contributed by atoms with Crippen molar-refractivity contribution in [1.29, 1.82) is 0 Å². The first-order valence-electron chi connectivity index (χ1n) is 11.7. The molecule has 9 heteroatoms. The van der Waals surface area contributed by atoms with Gasteiger partial charge in [0.1, 0.15) is 36.2 Å². The van der Waals surface area contributed by atoms with E-state index in [0.29, 0.717) is 13.2 Å². The first kappa shape index (κ1) is 23.7. The van der Waals surface area contributed by atoms with Crippen molar-refractivity contribution in [2.24, 2.45) is 0 Å². The van der Waals surface area contributed by atoms with Gasteiger partial charge in [0.15, 0.2) is 0 Å². The highest BCUT2D eigenvalue weighted by Crippen LogP contribution is 2.19. The second-order valence-electron chi connectivity index (χ2n) is 7.95. The monoisotopic (exact) mass is 456 g/mol. The quantitative estimate of drug-likeness (QED) is 0.449. The molecule has 0 bridgehead atoms. The second-order valence-corrected chi connectivity index (χ2v) is 7.95. The van der Waals surface area contributed by atoms with Gasteiger partial charge in [0.2, 0.25) is 0 Å². The topological polar surface area (TPSA) is 61.9 Å². The summed E-state index contributed by atoms with van der Waals surface area (Å²) in [7, 11) is 0.133. The molecule has 0 aromatic heterocycles. The predicted molar refractivity (Wildman–Crippen MR) is 127 cm³/mol. The normalized spacial score (nSPS) is 17.3. The SMILES string of the molecule is B(Oc1ccc(OCCN2CCOCC2)cc1)Oc1ccc(OCCN2CCOCC2)cc1. The maximum Gasteiger partial charge on any atom is 0.576 e. The highest BCUT2D eigenvalue weighted by atomic mass is 16.6. The molecule has 2 aliphatic rings. The van der Waals surface area contributed by atoms with Crippen LogP contribution in [0.1, 0.15) is 0 Å². The van der Waals surface area contributed by atoms with E-state index in [1.807, 2.05) is 48.5 Å². The Hall–Kier alpha value is -2.46. The van der Waals surface area contributed by atoms with Gasteiger partial charge in [-0.25, -0.2) is 0 Å². The molecule has 0 N–H and O–H groups in total. The zero-order valence-corrected chi connectivity index (χ0v) is 19.2. The summed E-state index contributed by atoms with van der Waals surface area (Å²) in [6, 6.07) is 15.2. The van der Waals surface area contributed by atoms with Gasteiger partial charge in [0.05, 0.1) is 26.4 Å². The molecule has 2 aliphatic heterocycles. The fraction of sp³-hybridized carbons (Fsp3) is 0.500. The Balaban J connectivity index is 1.09.